The van der Waals surface area contributed by atoms with Crippen LogP contribution in [0.5, 0.6) is 5.75 Å². The van der Waals surface area contributed by atoms with Gasteiger partial charge in [0, 0.05) is 13.2 Å². The zero-order valence-corrected chi connectivity index (χ0v) is 17.0. The maximum Gasteiger partial charge on any atom is 0.269 e. The lowest BCUT2D eigenvalue weighted by molar-refractivity contribution is -0.122. The summed E-state index contributed by atoms with van der Waals surface area (Å²) < 4.78 is 38.0. The first-order chi connectivity index (χ1) is 13.5. The van der Waals surface area contributed by atoms with Gasteiger partial charge in [-0.05, 0) is 31.4 Å². The Hall–Kier alpha value is -2.08. The Balaban J connectivity index is 1.58. The van der Waals surface area contributed by atoms with Gasteiger partial charge in [-0.1, -0.05) is 36.5 Å². The summed E-state index contributed by atoms with van der Waals surface area (Å²) in [5, 5.41) is 10.1. The maximum atomic E-state index is 12.4. The van der Waals surface area contributed by atoms with Crippen LogP contribution in [0.15, 0.2) is 34.7 Å². The Kier molecular flexibility index (Phi) is 6.94. The minimum Gasteiger partial charge on any atom is -0.481 e. The Bertz CT molecular complexity index is 882. The summed E-state index contributed by atoms with van der Waals surface area (Å²) in [4.78, 5) is 12.4. The molecule has 2 N–H and O–H groups in total. The summed E-state index contributed by atoms with van der Waals surface area (Å²) in [6, 6.07) is 8.98. The largest absolute Gasteiger partial charge is 0.481 e. The highest BCUT2D eigenvalue weighted by Crippen LogP contribution is 2.21. The number of aromatic nitrogens is 2. The number of sulfonamides is 1. The highest BCUT2D eigenvalue weighted by atomic mass is 32.2. The third-order valence-electron chi connectivity index (χ3n) is 4.08. The lowest BCUT2D eigenvalue weighted by atomic mass is 10.2. The SMILES string of the molecule is CCC(Oc1ccccc1)C(=O)Nc1nnc(S(=O)(=O)NCC2CCCO2)s1. The highest BCUT2D eigenvalue weighted by Gasteiger charge is 2.25. The zero-order valence-electron chi connectivity index (χ0n) is 15.3. The molecule has 0 spiro atoms. The van der Waals surface area contributed by atoms with E-state index in [0.717, 1.165) is 24.2 Å². The Morgan fingerprint density at radius 2 is 2.14 bits per heavy atom. The number of anilines is 1. The molecule has 0 aliphatic carbocycles. The Morgan fingerprint density at radius 3 is 2.82 bits per heavy atom. The van der Waals surface area contributed by atoms with Gasteiger partial charge in [0.25, 0.3) is 15.9 Å². The van der Waals surface area contributed by atoms with E-state index in [9.17, 15) is 13.2 Å². The van der Waals surface area contributed by atoms with Crippen LogP contribution >= 0.6 is 11.3 Å². The minimum atomic E-state index is -3.80. The molecule has 2 unspecified atom stereocenters. The molecular weight excluding hydrogens is 404 g/mol. The first-order valence-corrected chi connectivity index (χ1v) is 11.2. The van der Waals surface area contributed by atoms with Crippen molar-refractivity contribution in [3.8, 4) is 5.75 Å². The molecule has 9 nitrogen and oxygen atoms in total. The fraction of sp³-hybridized carbons (Fsp3) is 0.471. The topological polar surface area (TPSA) is 120 Å². The number of hydrogen-bond donors (Lipinski definition) is 2. The van der Waals surface area contributed by atoms with Crippen molar-refractivity contribution in [1.82, 2.24) is 14.9 Å². The van der Waals surface area contributed by atoms with Crippen molar-refractivity contribution in [3.63, 3.8) is 0 Å². The van der Waals surface area contributed by atoms with Crippen molar-refractivity contribution in [3.05, 3.63) is 30.3 Å². The molecule has 2 atom stereocenters. The van der Waals surface area contributed by atoms with Crippen molar-refractivity contribution in [2.24, 2.45) is 0 Å². The van der Waals surface area contributed by atoms with E-state index in [1.165, 1.54) is 0 Å². The quantitative estimate of drug-likeness (QED) is 0.587. The number of nitrogens with one attached hydrogen (secondary N) is 2. The highest BCUT2D eigenvalue weighted by molar-refractivity contribution is 7.91. The first-order valence-electron chi connectivity index (χ1n) is 8.95. The molecular formula is C17H22N4O5S2. The van der Waals surface area contributed by atoms with E-state index >= 15 is 0 Å². The molecule has 1 aliphatic rings. The third-order valence-corrected chi connectivity index (χ3v) is 6.71. The second-order valence-corrected chi connectivity index (χ2v) is 9.10. The van der Waals surface area contributed by atoms with E-state index < -0.39 is 22.0 Å². The summed E-state index contributed by atoms with van der Waals surface area (Å²) in [6.45, 7) is 2.65. The van der Waals surface area contributed by atoms with Gasteiger partial charge >= 0.3 is 0 Å². The van der Waals surface area contributed by atoms with Gasteiger partial charge in [0.1, 0.15) is 5.75 Å². The molecule has 1 aromatic carbocycles. The third kappa shape index (κ3) is 5.47. The normalized spacial score (nSPS) is 18.0. The van der Waals surface area contributed by atoms with Crippen LogP contribution in [0.25, 0.3) is 0 Å². The summed E-state index contributed by atoms with van der Waals surface area (Å²) in [6.07, 6.45) is 1.32. The number of amides is 1. The van der Waals surface area contributed by atoms with Crippen LogP contribution in [0.2, 0.25) is 0 Å². The molecule has 0 saturated carbocycles. The summed E-state index contributed by atoms with van der Waals surface area (Å²) >= 11 is 0.784. The number of benzene rings is 1. The molecule has 11 heteroatoms. The van der Waals surface area contributed by atoms with Crippen molar-refractivity contribution in [1.29, 1.82) is 0 Å². The Morgan fingerprint density at radius 1 is 1.36 bits per heavy atom. The van der Waals surface area contributed by atoms with Crippen molar-refractivity contribution in [2.75, 3.05) is 18.5 Å². The molecule has 3 rings (SSSR count). The summed E-state index contributed by atoms with van der Waals surface area (Å²) in [7, 11) is -3.80. The smallest absolute Gasteiger partial charge is 0.269 e. The van der Waals surface area contributed by atoms with Crippen LogP contribution in [0.1, 0.15) is 26.2 Å². The van der Waals surface area contributed by atoms with E-state index in [2.05, 4.69) is 20.2 Å². The maximum absolute atomic E-state index is 12.4. The molecule has 1 fully saturated rings. The van der Waals surface area contributed by atoms with E-state index in [0.29, 0.717) is 18.8 Å². The molecule has 0 bridgehead atoms. The fourth-order valence-corrected chi connectivity index (χ4v) is 4.62. The van der Waals surface area contributed by atoms with E-state index in [1.54, 1.807) is 12.1 Å². The fourth-order valence-electron chi connectivity index (χ4n) is 2.61. The van der Waals surface area contributed by atoms with Crippen LogP contribution in [0.3, 0.4) is 0 Å². The van der Waals surface area contributed by atoms with Gasteiger partial charge < -0.3 is 9.47 Å². The summed E-state index contributed by atoms with van der Waals surface area (Å²) in [5.41, 5.74) is 0. The number of carbonyl (C=O) groups is 1. The van der Waals surface area contributed by atoms with Gasteiger partial charge in [0.2, 0.25) is 9.47 Å². The van der Waals surface area contributed by atoms with E-state index in [1.807, 2.05) is 25.1 Å². The van der Waals surface area contributed by atoms with Crippen molar-refractivity contribution < 1.29 is 22.7 Å². The number of carbonyl (C=O) groups excluding carboxylic acids is 1. The average Bonchev–Trinajstić information content (AvgIpc) is 3.37. The average molecular weight is 427 g/mol. The van der Waals surface area contributed by atoms with Crippen LogP contribution in [0.4, 0.5) is 5.13 Å². The second kappa shape index (κ2) is 9.41. The van der Waals surface area contributed by atoms with Gasteiger partial charge in [-0.3, -0.25) is 10.1 Å². The van der Waals surface area contributed by atoms with Crippen LogP contribution in [-0.2, 0) is 19.6 Å². The predicted octanol–water partition coefficient (Wildman–Crippen LogP) is 1.79. The van der Waals surface area contributed by atoms with Crippen LogP contribution in [-0.4, -0.2) is 49.9 Å². The molecule has 1 aromatic heterocycles. The predicted molar refractivity (Wildman–Crippen MR) is 104 cm³/mol. The van der Waals surface area contributed by atoms with Crippen molar-refractivity contribution >= 4 is 32.4 Å². The molecule has 1 saturated heterocycles. The minimum absolute atomic E-state index is 0.0950. The number of para-hydroxylation sites is 1. The molecule has 1 amide bonds. The van der Waals surface area contributed by atoms with Gasteiger partial charge in [0.05, 0.1) is 6.10 Å². The van der Waals surface area contributed by atoms with Crippen LogP contribution < -0.4 is 14.8 Å². The lowest BCUT2D eigenvalue weighted by Gasteiger charge is -2.16. The second-order valence-electron chi connectivity index (χ2n) is 6.18. The summed E-state index contributed by atoms with van der Waals surface area (Å²) in [5.74, 6) is 0.155. The first kappa shape index (κ1) is 20.6. The monoisotopic (exact) mass is 426 g/mol. The number of hydrogen-bond acceptors (Lipinski definition) is 8. The molecule has 152 valence electrons. The number of rotatable bonds is 9. The van der Waals surface area contributed by atoms with E-state index in [-0.39, 0.29) is 22.1 Å². The van der Waals surface area contributed by atoms with Crippen LogP contribution in [0, 0.1) is 0 Å². The molecule has 1 aliphatic heterocycles. The number of ether oxygens (including phenoxy) is 2. The number of nitrogens with zero attached hydrogens (tertiary/aromatic N) is 2. The Labute approximate surface area is 167 Å². The van der Waals surface area contributed by atoms with Gasteiger partial charge in [-0.25, -0.2) is 13.1 Å². The molecule has 0 radical (unpaired) electrons. The van der Waals surface area contributed by atoms with Gasteiger partial charge in [-0.2, -0.15) is 0 Å². The van der Waals surface area contributed by atoms with Gasteiger partial charge in [-0.15, -0.1) is 10.2 Å². The zero-order chi connectivity index (χ0) is 20.0. The molecule has 2 heterocycles. The van der Waals surface area contributed by atoms with E-state index in [4.69, 9.17) is 9.47 Å². The standard InChI is InChI=1S/C17H22N4O5S2/c1-2-14(26-12-7-4-3-5-8-12)15(22)19-16-20-21-17(27-16)28(23,24)18-11-13-9-6-10-25-13/h3-5,7-8,13-14,18H,2,6,9-11H2,1H3,(H,19,20,22). The molecule has 2 aromatic rings. The van der Waals surface area contributed by atoms with Gasteiger partial charge in [0.15, 0.2) is 6.10 Å². The van der Waals surface area contributed by atoms with Crippen molar-refractivity contribution in [2.45, 2.75) is 42.7 Å². The lowest BCUT2D eigenvalue weighted by Crippen LogP contribution is -2.32. The molecule has 28 heavy (non-hydrogen) atoms.